The quantitative estimate of drug-likeness (QED) is 0.793. The van der Waals surface area contributed by atoms with Crippen LogP contribution in [-0.2, 0) is 0 Å². The SMILES string of the molecule is CCCC1(CN(CC(F)(F)F)C2CC2)CCCN1. The molecular weight excluding hydrogens is 241 g/mol. The van der Waals surface area contributed by atoms with Crippen LogP contribution in [-0.4, -0.2) is 42.3 Å². The van der Waals surface area contributed by atoms with Gasteiger partial charge in [0.2, 0.25) is 0 Å². The summed E-state index contributed by atoms with van der Waals surface area (Å²) in [4.78, 5) is 1.66. The Morgan fingerprint density at radius 2 is 2.06 bits per heavy atom. The molecule has 1 unspecified atom stereocenters. The smallest absolute Gasteiger partial charge is 0.310 e. The zero-order valence-corrected chi connectivity index (χ0v) is 11.0. The predicted octanol–water partition coefficient (Wildman–Crippen LogP) is 2.94. The van der Waals surface area contributed by atoms with Crippen LogP contribution in [0.5, 0.6) is 0 Å². The fraction of sp³-hybridized carbons (Fsp3) is 1.00. The van der Waals surface area contributed by atoms with Crippen molar-refractivity contribution in [2.45, 2.75) is 63.2 Å². The van der Waals surface area contributed by atoms with Crippen molar-refractivity contribution in [2.75, 3.05) is 19.6 Å². The summed E-state index contributed by atoms with van der Waals surface area (Å²) in [6, 6.07) is 0.169. The van der Waals surface area contributed by atoms with Gasteiger partial charge in [-0.3, -0.25) is 4.90 Å². The highest BCUT2D eigenvalue weighted by atomic mass is 19.4. The van der Waals surface area contributed by atoms with Crippen molar-refractivity contribution in [3.8, 4) is 0 Å². The van der Waals surface area contributed by atoms with E-state index in [1.54, 1.807) is 4.90 Å². The van der Waals surface area contributed by atoms with Crippen molar-refractivity contribution in [2.24, 2.45) is 0 Å². The molecule has 0 aromatic heterocycles. The van der Waals surface area contributed by atoms with Gasteiger partial charge in [-0.1, -0.05) is 13.3 Å². The molecule has 1 saturated carbocycles. The Bertz CT molecular complexity index is 268. The van der Waals surface area contributed by atoms with E-state index in [0.29, 0.717) is 6.54 Å². The topological polar surface area (TPSA) is 15.3 Å². The predicted molar refractivity (Wildman–Crippen MR) is 65.5 cm³/mol. The van der Waals surface area contributed by atoms with E-state index in [4.69, 9.17) is 0 Å². The second-order valence-corrected chi connectivity index (χ2v) is 5.81. The molecule has 1 saturated heterocycles. The summed E-state index contributed by atoms with van der Waals surface area (Å²) < 4.78 is 37.8. The van der Waals surface area contributed by atoms with Crippen LogP contribution in [0.3, 0.4) is 0 Å². The molecule has 0 radical (unpaired) electrons. The average molecular weight is 264 g/mol. The van der Waals surface area contributed by atoms with Crippen LogP contribution in [0.15, 0.2) is 0 Å². The summed E-state index contributed by atoms with van der Waals surface area (Å²) >= 11 is 0. The molecule has 1 N–H and O–H groups in total. The van der Waals surface area contributed by atoms with Gasteiger partial charge in [0, 0.05) is 18.1 Å². The lowest BCUT2D eigenvalue weighted by Gasteiger charge is -2.36. The van der Waals surface area contributed by atoms with Crippen molar-refractivity contribution >= 4 is 0 Å². The van der Waals surface area contributed by atoms with Crippen molar-refractivity contribution in [3.63, 3.8) is 0 Å². The minimum Gasteiger partial charge on any atom is -0.310 e. The van der Waals surface area contributed by atoms with Gasteiger partial charge in [-0.25, -0.2) is 0 Å². The van der Waals surface area contributed by atoms with Gasteiger partial charge in [-0.05, 0) is 38.6 Å². The van der Waals surface area contributed by atoms with Crippen LogP contribution >= 0.6 is 0 Å². The molecule has 1 aliphatic heterocycles. The fourth-order valence-corrected chi connectivity index (χ4v) is 3.15. The fourth-order valence-electron chi connectivity index (χ4n) is 3.15. The number of nitrogens with zero attached hydrogens (tertiary/aromatic N) is 1. The Hall–Kier alpha value is -0.290. The number of halogens is 3. The molecule has 0 bridgehead atoms. The van der Waals surface area contributed by atoms with Crippen LogP contribution < -0.4 is 5.32 Å². The zero-order valence-electron chi connectivity index (χ0n) is 11.0. The first-order valence-electron chi connectivity index (χ1n) is 7.00. The molecule has 18 heavy (non-hydrogen) atoms. The maximum Gasteiger partial charge on any atom is 0.401 e. The molecule has 0 aromatic rings. The lowest BCUT2D eigenvalue weighted by molar-refractivity contribution is -0.149. The molecule has 2 nitrogen and oxygen atoms in total. The normalized spacial score (nSPS) is 29.2. The van der Waals surface area contributed by atoms with Gasteiger partial charge in [-0.2, -0.15) is 13.2 Å². The van der Waals surface area contributed by atoms with E-state index in [0.717, 1.165) is 45.1 Å². The lowest BCUT2D eigenvalue weighted by atomic mass is 9.91. The number of nitrogens with one attached hydrogen (secondary N) is 1. The number of rotatable bonds is 6. The van der Waals surface area contributed by atoms with Crippen LogP contribution in [0.1, 0.15) is 45.4 Å². The molecular formula is C13H23F3N2. The minimum atomic E-state index is -4.07. The summed E-state index contributed by atoms with van der Waals surface area (Å²) in [7, 11) is 0. The summed E-state index contributed by atoms with van der Waals surface area (Å²) in [6.45, 7) is 2.87. The molecule has 2 rings (SSSR count). The maximum atomic E-state index is 12.6. The van der Waals surface area contributed by atoms with Gasteiger partial charge in [0.25, 0.3) is 0 Å². The molecule has 0 spiro atoms. The van der Waals surface area contributed by atoms with Crippen molar-refractivity contribution in [1.29, 1.82) is 0 Å². The first-order chi connectivity index (χ1) is 8.44. The third-order valence-electron chi connectivity index (χ3n) is 4.01. The van der Waals surface area contributed by atoms with E-state index < -0.39 is 12.7 Å². The van der Waals surface area contributed by atoms with Crippen LogP contribution in [0.4, 0.5) is 13.2 Å². The number of hydrogen-bond donors (Lipinski definition) is 1. The Balaban J connectivity index is 1.98. The Kier molecular flexibility index (Phi) is 4.22. The molecule has 106 valence electrons. The standard InChI is InChI=1S/C13H23F3N2/c1-2-6-12(7-3-8-17-12)9-18(11-4-5-11)10-13(14,15)16/h11,17H,2-10H2,1H3. The van der Waals surface area contributed by atoms with Gasteiger partial charge in [0.05, 0.1) is 6.54 Å². The Morgan fingerprint density at radius 3 is 2.50 bits per heavy atom. The van der Waals surface area contributed by atoms with E-state index in [1.807, 2.05) is 0 Å². The molecule has 2 fully saturated rings. The van der Waals surface area contributed by atoms with Crippen molar-refractivity contribution in [1.82, 2.24) is 10.2 Å². The van der Waals surface area contributed by atoms with Gasteiger partial charge in [-0.15, -0.1) is 0 Å². The van der Waals surface area contributed by atoms with Crippen molar-refractivity contribution < 1.29 is 13.2 Å². The molecule has 1 heterocycles. The van der Waals surface area contributed by atoms with Crippen LogP contribution in [0.25, 0.3) is 0 Å². The van der Waals surface area contributed by atoms with Crippen LogP contribution in [0.2, 0.25) is 0 Å². The van der Waals surface area contributed by atoms with Crippen LogP contribution in [0, 0.1) is 0 Å². The summed E-state index contributed by atoms with van der Waals surface area (Å²) in [6.07, 6.45) is 1.89. The monoisotopic (exact) mass is 264 g/mol. The van der Waals surface area contributed by atoms with Gasteiger partial charge >= 0.3 is 6.18 Å². The second-order valence-electron chi connectivity index (χ2n) is 5.81. The Morgan fingerprint density at radius 1 is 1.33 bits per heavy atom. The molecule has 2 aliphatic rings. The third kappa shape index (κ3) is 3.85. The lowest BCUT2D eigenvalue weighted by Crippen LogP contribution is -2.52. The van der Waals surface area contributed by atoms with Gasteiger partial charge in [0.1, 0.15) is 0 Å². The first-order valence-corrected chi connectivity index (χ1v) is 7.00. The van der Waals surface area contributed by atoms with E-state index in [2.05, 4.69) is 12.2 Å². The summed E-state index contributed by atoms with van der Waals surface area (Å²) in [5.74, 6) is 0. The van der Waals surface area contributed by atoms with E-state index in [-0.39, 0.29) is 11.6 Å². The van der Waals surface area contributed by atoms with Crippen molar-refractivity contribution in [3.05, 3.63) is 0 Å². The van der Waals surface area contributed by atoms with E-state index >= 15 is 0 Å². The number of hydrogen-bond acceptors (Lipinski definition) is 2. The number of alkyl halides is 3. The highest BCUT2D eigenvalue weighted by Gasteiger charge is 2.43. The summed E-state index contributed by atoms with van der Waals surface area (Å²) in [5.41, 5.74) is -0.0669. The maximum absolute atomic E-state index is 12.6. The minimum absolute atomic E-state index is 0.0669. The third-order valence-corrected chi connectivity index (χ3v) is 4.01. The largest absolute Gasteiger partial charge is 0.401 e. The highest BCUT2D eigenvalue weighted by molar-refractivity contribution is 4.98. The summed E-state index contributed by atoms with van der Waals surface area (Å²) in [5, 5.41) is 3.46. The molecule has 1 aliphatic carbocycles. The zero-order chi connectivity index (χ0) is 13.2. The molecule has 1 atom stereocenters. The molecule has 0 amide bonds. The molecule has 0 aromatic carbocycles. The second kappa shape index (κ2) is 5.37. The Labute approximate surface area is 107 Å². The van der Waals surface area contributed by atoms with Gasteiger partial charge in [0.15, 0.2) is 0 Å². The van der Waals surface area contributed by atoms with E-state index in [1.165, 1.54) is 0 Å². The van der Waals surface area contributed by atoms with Gasteiger partial charge < -0.3 is 5.32 Å². The highest BCUT2D eigenvalue weighted by Crippen LogP contribution is 2.34. The average Bonchev–Trinajstić information content (AvgIpc) is 3.00. The first kappa shape index (κ1) is 14.1. The van der Waals surface area contributed by atoms with E-state index in [9.17, 15) is 13.2 Å². The molecule has 5 heteroatoms.